The minimum Gasteiger partial charge on any atom is -0.356 e. The van der Waals surface area contributed by atoms with Gasteiger partial charge in [0.05, 0.1) is 6.04 Å². The third kappa shape index (κ3) is 4.83. The van der Waals surface area contributed by atoms with Crippen LogP contribution < -0.4 is 15.5 Å². The molecular weight excluding hydrogens is 366 g/mol. The van der Waals surface area contributed by atoms with E-state index in [0.29, 0.717) is 22.3 Å². The zero-order chi connectivity index (χ0) is 18.5. The third-order valence-corrected chi connectivity index (χ3v) is 5.06. The van der Waals surface area contributed by atoms with Crippen LogP contribution in [0.15, 0.2) is 36.4 Å². The molecule has 2 atom stereocenters. The topological polar surface area (TPSA) is 53.1 Å². The molecule has 7 heteroatoms. The van der Waals surface area contributed by atoms with Gasteiger partial charge in [-0.1, -0.05) is 41.9 Å². The Hall–Kier alpha value is -1.92. The van der Waals surface area contributed by atoms with Gasteiger partial charge < -0.3 is 15.5 Å². The summed E-state index contributed by atoms with van der Waals surface area (Å²) >= 11 is 11.6. The summed E-state index contributed by atoms with van der Waals surface area (Å²) in [6.07, 6.45) is 3.59. The molecule has 2 heterocycles. The zero-order valence-electron chi connectivity index (χ0n) is 15.1. The van der Waals surface area contributed by atoms with Crippen molar-refractivity contribution in [1.29, 1.82) is 0 Å². The van der Waals surface area contributed by atoms with E-state index in [-0.39, 0.29) is 6.04 Å². The number of hydrogen-bond acceptors (Lipinski definition) is 4. The van der Waals surface area contributed by atoms with E-state index in [4.69, 9.17) is 23.8 Å². The maximum atomic E-state index is 6.22. The molecule has 2 aromatic rings. The highest BCUT2D eigenvalue weighted by molar-refractivity contribution is 7.80. The summed E-state index contributed by atoms with van der Waals surface area (Å²) in [5.74, 6) is 1.27. The fourth-order valence-corrected chi connectivity index (χ4v) is 3.65. The number of thiocarbonyl (C=S) groups is 1. The van der Waals surface area contributed by atoms with Crippen molar-refractivity contribution in [3.05, 3.63) is 47.1 Å². The van der Waals surface area contributed by atoms with Gasteiger partial charge in [0.2, 0.25) is 5.95 Å². The van der Waals surface area contributed by atoms with Crippen LogP contribution in [-0.2, 0) is 0 Å². The Morgan fingerprint density at radius 1 is 1.27 bits per heavy atom. The summed E-state index contributed by atoms with van der Waals surface area (Å²) in [7, 11) is 0. The largest absolute Gasteiger partial charge is 0.356 e. The summed E-state index contributed by atoms with van der Waals surface area (Å²) in [4.78, 5) is 11.2. The average Bonchev–Trinajstić information content (AvgIpc) is 2.62. The number of hydrogen-bond donors (Lipinski definition) is 2. The molecule has 5 nitrogen and oxygen atoms in total. The number of halogens is 1. The molecule has 2 N–H and O–H groups in total. The summed E-state index contributed by atoms with van der Waals surface area (Å²) < 4.78 is 0. The summed E-state index contributed by atoms with van der Waals surface area (Å²) in [5.41, 5.74) is 1.16. The Morgan fingerprint density at radius 3 is 2.77 bits per heavy atom. The van der Waals surface area contributed by atoms with Crippen molar-refractivity contribution in [3.8, 4) is 0 Å². The minimum atomic E-state index is 0.0805. The number of piperidine rings is 1. The molecular formula is C19H24ClN5S. The van der Waals surface area contributed by atoms with E-state index >= 15 is 0 Å². The van der Waals surface area contributed by atoms with Crippen molar-refractivity contribution in [2.45, 2.75) is 45.2 Å². The van der Waals surface area contributed by atoms with E-state index in [2.05, 4.69) is 51.5 Å². The predicted molar refractivity (Wildman–Crippen MR) is 112 cm³/mol. The Balaban J connectivity index is 1.68. The molecule has 26 heavy (non-hydrogen) atoms. The Bertz CT molecular complexity index is 755. The molecule has 0 radical (unpaired) electrons. The van der Waals surface area contributed by atoms with Gasteiger partial charge in [0, 0.05) is 18.7 Å². The lowest BCUT2D eigenvalue weighted by atomic mass is 10.0. The van der Waals surface area contributed by atoms with E-state index in [1.165, 1.54) is 19.3 Å². The number of anilines is 2. The van der Waals surface area contributed by atoms with Crippen LogP contribution >= 0.6 is 23.8 Å². The van der Waals surface area contributed by atoms with Crippen molar-refractivity contribution in [2.24, 2.45) is 0 Å². The highest BCUT2D eigenvalue weighted by Crippen LogP contribution is 2.25. The molecule has 1 saturated heterocycles. The number of benzene rings is 1. The number of nitrogens with one attached hydrogen (secondary N) is 2. The van der Waals surface area contributed by atoms with E-state index in [0.717, 1.165) is 17.9 Å². The first-order valence-electron chi connectivity index (χ1n) is 8.96. The first kappa shape index (κ1) is 18.9. The van der Waals surface area contributed by atoms with Crippen LogP contribution in [0.5, 0.6) is 0 Å². The lowest BCUT2D eigenvalue weighted by Gasteiger charge is -2.34. The maximum absolute atomic E-state index is 6.22. The molecule has 1 aromatic heterocycles. The monoisotopic (exact) mass is 389 g/mol. The quantitative estimate of drug-likeness (QED) is 0.590. The molecule has 0 spiro atoms. The van der Waals surface area contributed by atoms with Crippen molar-refractivity contribution in [1.82, 2.24) is 15.3 Å². The van der Waals surface area contributed by atoms with Crippen molar-refractivity contribution in [2.75, 3.05) is 16.8 Å². The van der Waals surface area contributed by atoms with E-state index < -0.39 is 0 Å². The number of rotatable bonds is 4. The van der Waals surface area contributed by atoms with E-state index in [1.54, 1.807) is 0 Å². The van der Waals surface area contributed by atoms with Crippen LogP contribution in [0.4, 0.5) is 11.8 Å². The number of aromatic nitrogens is 2. The second kappa shape index (κ2) is 8.64. The molecule has 1 aliphatic heterocycles. The molecule has 0 unspecified atom stereocenters. The SMILES string of the molecule is C[C@H](NC(=S)Nc1nc(Cl)cc(N2CCCC[C@@H]2C)n1)c1ccccc1. The fraction of sp³-hybridized carbons (Fsp3) is 0.421. The highest BCUT2D eigenvalue weighted by Gasteiger charge is 2.21. The molecule has 0 bridgehead atoms. The first-order valence-corrected chi connectivity index (χ1v) is 9.75. The second-order valence-corrected chi connectivity index (χ2v) is 7.44. The molecule has 1 fully saturated rings. The minimum absolute atomic E-state index is 0.0805. The summed E-state index contributed by atoms with van der Waals surface area (Å²) in [6, 6.07) is 12.5. The third-order valence-electron chi connectivity index (χ3n) is 4.65. The summed E-state index contributed by atoms with van der Waals surface area (Å²) in [5, 5.41) is 7.20. The summed E-state index contributed by atoms with van der Waals surface area (Å²) in [6.45, 7) is 5.26. The first-order chi connectivity index (χ1) is 12.5. The van der Waals surface area contributed by atoms with Crippen LogP contribution in [0.2, 0.25) is 5.15 Å². The van der Waals surface area contributed by atoms with Crippen LogP contribution in [0, 0.1) is 0 Å². The second-order valence-electron chi connectivity index (χ2n) is 6.64. The van der Waals surface area contributed by atoms with Gasteiger partial charge in [-0.15, -0.1) is 0 Å². The van der Waals surface area contributed by atoms with Crippen LogP contribution in [0.3, 0.4) is 0 Å². The smallest absolute Gasteiger partial charge is 0.232 e. The van der Waals surface area contributed by atoms with Crippen molar-refractivity contribution < 1.29 is 0 Å². The molecule has 1 aromatic carbocycles. The van der Waals surface area contributed by atoms with Gasteiger partial charge in [0.25, 0.3) is 0 Å². The molecule has 0 aliphatic carbocycles. The molecule has 0 saturated carbocycles. The standard InChI is InChI=1S/C19H24ClN5S/c1-13-8-6-7-11-25(13)17-12-16(20)22-18(23-17)24-19(26)21-14(2)15-9-4-3-5-10-15/h3-5,9-10,12-14H,6-8,11H2,1-2H3,(H2,21,22,23,24,26)/t13-,14-/m0/s1. The van der Waals surface area contributed by atoms with E-state index in [1.807, 2.05) is 24.3 Å². The molecule has 0 amide bonds. The lowest BCUT2D eigenvalue weighted by Crippen LogP contribution is -2.38. The Morgan fingerprint density at radius 2 is 2.04 bits per heavy atom. The Labute approximate surface area is 165 Å². The van der Waals surface area contributed by atoms with E-state index in [9.17, 15) is 0 Å². The van der Waals surface area contributed by atoms with Crippen molar-refractivity contribution in [3.63, 3.8) is 0 Å². The molecule has 3 rings (SSSR count). The average molecular weight is 390 g/mol. The fourth-order valence-electron chi connectivity index (χ4n) is 3.21. The Kier molecular flexibility index (Phi) is 6.27. The van der Waals surface area contributed by atoms with Gasteiger partial charge >= 0.3 is 0 Å². The van der Waals surface area contributed by atoms with Crippen LogP contribution in [0.25, 0.3) is 0 Å². The molecule has 138 valence electrons. The van der Waals surface area contributed by atoms with Crippen LogP contribution in [-0.4, -0.2) is 27.7 Å². The predicted octanol–water partition coefficient (Wildman–Crippen LogP) is 4.56. The van der Waals surface area contributed by atoms with Gasteiger partial charge in [0.15, 0.2) is 5.11 Å². The van der Waals surface area contributed by atoms with Gasteiger partial charge in [-0.25, -0.2) is 4.98 Å². The maximum Gasteiger partial charge on any atom is 0.232 e. The van der Waals surface area contributed by atoms with Crippen molar-refractivity contribution >= 4 is 40.7 Å². The lowest BCUT2D eigenvalue weighted by molar-refractivity contribution is 0.481. The number of nitrogens with zero attached hydrogens (tertiary/aromatic N) is 3. The van der Waals surface area contributed by atoms with Gasteiger partial charge in [0.1, 0.15) is 11.0 Å². The zero-order valence-corrected chi connectivity index (χ0v) is 16.6. The van der Waals surface area contributed by atoms with Gasteiger partial charge in [-0.2, -0.15) is 4.98 Å². The van der Waals surface area contributed by atoms with Gasteiger partial charge in [-0.3, -0.25) is 0 Å². The van der Waals surface area contributed by atoms with Gasteiger partial charge in [-0.05, 0) is 50.9 Å². The molecule has 1 aliphatic rings. The highest BCUT2D eigenvalue weighted by atomic mass is 35.5. The van der Waals surface area contributed by atoms with Crippen LogP contribution in [0.1, 0.15) is 44.7 Å². The normalized spacial score (nSPS) is 18.3.